The summed E-state index contributed by atoms with van der Waals surface area (Å²) in [5.74, 6) is -0.0557. The second-order valence-electron chi connectivity index (χ2n) is 6.05. The lowest BCUT2D eigenvalue weighted by atomic mass is 10.1. The number of hydrogen-bond donors (Lipinski definition) is 2. The molecule has 0 aliphatic carbocycles. The van der Waals surface area contributed by atoms with Gasteiger partial charge in [0.1, 0.15) is 11.6 Å². The summed E-state index contributed by atoms with van der Waals surface area (Å²) in [6, 6.07) is 13.0. The largest absolute Gasteiger partial charge is 0.435 e. The molecular weight excluding hydrogens is 398 g/mol. The van der Waals surface area contributed by atoms with Crippen molar-refractivity contribution >= 4 is 39.0 Å². The van der Waals surface area contributed by atoms with Gasteiger partial charge in [0.25, 0.3) is 5.91 Å². The number of carbonyl (C=O) groups excluding carboxylic acids is 1. The minimum atomic E-state index is -2.91. The molecule has 9 heteroatoms. The second-order valence-corrected chi connectivity index (χ2v) is 7.11. The molecular formula is C20H14F2N4O2S. The van der Waals surface area contributed by atoms with E-state index < -0.39 is 12.5 Å². The minimum Gasteiger partial charge on any atom is -0.435 e. The zero-order valence-electron chi connectivity index (χ0n) is 14.8. The fourth-order valence-corrected chi connectivity index (χ4v) is 3.44. The number of nitrogens with two attached hydrogens (primary N) is 1. The van der Waals surface area contributed by atoms with Gasteiger partial charge in [0.15, 0.2) is 5.13 Å². The molecule has 3 N–H and O–H groups in total. The van der Waals surface area contributed by atoms with Crippen molar-refractivity contribution in [2.24, 2.45) is 0 Å². The topological polar surface area (TPSA) is 90.1 Å². The van der Waals surface area contributed by atoms with Gasteiger partial charge in [0.05, 0.1) is 4.88 Å². The molecule has 6 nitrogen and oxygen atoms in total. The first-order valence-corrected chi connectivity index (χ1v) is 9.27. The number of halogens is 2. The van der Waals surface area contributed by atoms with Crippen molar-refractivity contribution in [1.82, 2.24) is 9.97 Å². The molecule has 0 aliphatic heterocycles. The molecule has 0 bridgehead atoms. The Labute approximate surface area is 168 Å². The Kier molecular flexibility index (Phi) is 5.05. The van der Waals surface area contributed by atoms with Gasteiger partial charge in [-0.15, -0.1) is 0 Å². The van der Waals surface area contributed by atoms with Crippen LogP contribution in [0.25, 0.3) is 21.2 Å². The van der Waals surface area contributed by atoms with Crippen LogP contribution in [0.1, 0.15) is 10.4 Å². The highest BCUT2D eigenvalue weighted by atomic mass is 32.1. The van der Waals surface area contributed by atoms with E-state index in [1.807, 2.05) is 18.2 Å². The predicted octanol–water partition coefficient (Wildman–Crippen LogP) is 4.79. The number of nitrogens with one attached hydrogen (secondary N) is 1. The summed E-state index contributed by atoms with van der Waals surface area (Å²) in [6.07, 6.45) is 3.38. The summed E-state index contributed by atoms with van der Waals surface area (Å²) in [7, 11) is 0. The van der Waals surface area contributed by atoms with E-state index in [1.54, 1.807) is 18.5 Å². The molecule has 0 unspecified atom stereocenters. The van der Waals surface area contributed by atoms with E-state index in [2.05, 4.69) is 20.0 Å². The van der Waals surface area contributed by atoms with Crippen LogP contribution >= 0.6 is 11.3 Å². The highest BCUT2D eigenvalue weighted by Crippen LogP contribution is 2.30. The Morgan fingerprint density at radius 2 is 1.83 bits per heavy atom. The van der Waals surface area contributed by atoms with Crippen molar-refractivity contribution in [3.8, 4) is 16.2 Å². The quantitative estimate of drug-likeness (QED) is 0.492. The van der Waals surface area contributed by atoms with Crippen molar-refractivity contribution in [2.75, 3.05) is 11.1 Å². The van der Waals surface area contributed by atoms with Crippen molar-refractivity contribution in [2.45, 2.75) is 6.61 Å². The molecule has 2 aromatic heterocycles. The fourth-order valence-electron chi connectivity index (χ4n) is 2.76. The van der Waals surface area contributed by atoms with Gasteiger partial charge in [-0.3, -0.25) is 4.79 Å². The Morgan fingerprint density at radius 1 is 1.03 bits per heavy atom. The van der Waals surface area contributed by atoms with Gasteiger partial charge < -0.3 is 15.8 Å². The summed E-state index contributed by atoms with van der Waals surface area (Å²) < 4.78 is 28.7. The first-order chi connectivity index (χ1) is 14.0. The molecule has 0 fully saturated rings. The maximum atomic E-state index is 12.4. The lowest BCUT2D eigenvalue weighted by molar-refractivity contribution is -0.0498. The molecule has 0 spiro atoms. The van der Waals surface area contributed by atoms with Crippen LogP contribution in [0, 0.1) is 0 Å². The van der Waals surface area contributed by atoms with Gasteiger partial charge in [-0.25, -0.2) is 9.97 Å². The van der Waals surface area contributed by atoms with Crippen LogP contribution in [0.15, 0.2) is 60.9 Å². The summed E-state index contributed by atoms with van der Waals surface area (Å²) in [4.78, 5) is 21.7. The van der Waals surface area contributed by atoms with E-state index in [4.69, 9.17) is 5.73 Å². The molecule has 146 valence electrons. The summed E-state index contributed by atoms with van der Waals surface area (Å²) in [5.41, 5.74) is 6.96. The van der Waals surface area contributed by atoms with Crippen molar-refractivity contribution < 1.29 is 18.3 Å². The summed E-state index contributed by atoms with van der Waals surface area (Å²) >= 11 is 1.39. The first kappa shape index (κ1) is 18.8. The number of alkyl halides is 2. The zero-order chi connectivity index (χ0) is 20.4. The zero-order valence-corrected chi connectivity index (χ0v) is 15.6. The number of pyridine rings is 1. The van der Waals surface area contributed by atoms with E-state index in [1.165, 1.54) is 35.6 Å². The molecule has 0 atom stereocenters. The van der Waals surface area contributed by atoms with Gasteiger partial charge >= 0.3 is 6.61 Å². The third-order valence-corrected chi connectivity index (χ3v) is 4.99. The number of anilines is 2. The van der Waals surface area contributed by atoms with Crippen LogP contribution in [-0.2, 0) is 0 Å². The van der Waals surface area contributed by atoms with Crippen molar-refractivity contribution in [3.63, 3.8) is 0 Å². The number of fused-ring (bicyclic) bond motifs is 1. The highest BCUT2D eigenvalue weighted by Gasteiger charge is 2.10. The van der Waals surface area contributed by atoms with Gasteiger partial charge in [-0.1, -0.05) is 23.5 Å². The molecule has 0 aliphatic rings. The van der Waals surface area contributed by atoms with Crippen molar-refractivity contribution in [3.05, 3.63) is 66.5 Å². The average Bonchev–Trinajstić information content (AvgIpc) is 3.14. The van der Waals surface area contributed by atoms with Gasteiger partial charge in [0, 0.05) is 23.3 Å². The van der Waals surface area contributed by atoms with Crippen molar-refractivity contribution in [1.29, 1.82) is 0 Å². The van der Waals surface area contributed by atoms with Crippen LogP contribution in [0.3, 0.4) is 0 Å². The molecule has 4 aromatic rings. The fraction of sp³-hybridized carbons (Fsp3) is 0.0500. The first-order valence-electron chi connectivity index (χ1n) is 8.46. The Morgan fingerprint density at radius 3 is 2.52 bits per heavy atom. The maximum Gasteiger partial charge on any atom is 0.387 e. The van der Waals surface area contributed by atoms with Crippen LogP contribution in [0.4, 0.5) is 19.7 Å². The Balaban J connectivity index is 1.55. The number of amides is 1. The lowest BCUT2D eigenvalue weighted by Crippen LogP contribution is -2.13. The molecule has 29 heavy (non-hydrogen) atoms. The minimum absolute atomic E-state index is 0.0170. The summed E-state index contributed by atoms with van der Waals surface area (Å²) in [6.45, 7) is -2.91. The van der Waals surface area contributed by atoms with Crippen LogP contribution < -0.4 is 15.8 Å². The van der Waals surface area contributed by atoms with E-state index in [9.17, 15) is 13.6 Å². The molecule has 4 rings (SSSR count). The molecule has 0 saturated carbocycles. The average molecular weight is 412 g/mol. The number of hydrogen-bond acceptors (Lipinski definition) is 6. The smallest absolute Gasteiger partial charge is 0.387 e. The maximum absolute atomic E-state index is 12.4. The number of nitrogen functional groups attached to an aromatic ring is 1. The van der Waals surface area contributed by atoms with Crippen LogP contribution in [0.5, 0.6) is 5.75 Å². The van der Waals surface area contributed by atoms with Gasteiger partial charge in [-0.2, -0.15) is 8.78 Å². The molecule has 1 amide bonds. The standard InChI is InChI=1S/C20H14F2N4O2S/c21-19(22)28-15-5-3-11(4-6-15)18(27)26-17-8-14-7-12(1-2-13(14)9-24-17)16-10-25-20(23)29-16/h1-10,19H,(H2,23,25)(H,24,26,27). The third-order valence-electron chi connectivity index (χ3n) is 4.11. The third kappa shape index (κ3) is 4.30. The van der Waals surface area contributed by atoms with E-state index in [0.717, 1.165) is 21.2 Å². The number of aromatic nitrogens is 2. The Hall–Kier alpha value is -3.59. The lowest BCUT2D eigenvalue weighted by Gasteiger charge is -2.08. The number of rotatable bonds is 5. The van der Waals surface area contributed by atoms with Crippen LogP contribution in [0.2, 0.25) is 0 Å². The number of thiazole rings is 1. The SMILES string of the molecule is Nc1ncc(-c2ccc3cnc(NC(=O)c4ccc(OC(F)F)cc4)cc3c2)s1. The highest BCUT2D eigenvalue weighted by molar-refractivity contribution is 7.18. The van der Waals surface area contributed by atoms with E-state index in [-0.39, 0.29) is 5.75 Å². The number of ether oxygens (including phenoxy) is 1. The van der Waals surface area contributed by atoms with Gasteiger partial charge in [0.2, 0.25) is 0 Å². The molecule has 2 aromatic carbocycles. The molecule has 0 saturated heterocycles. The summed E-state index contributed by atoms with van der Waals surface area (Å²) in [5, 5.41) is 5.00. The Bertz CT molecular complexity index is 1180. The van der Waals surface area contributed by atoms with E-state index in [0.29, 0.717) is 16.5 Å². The molecule has 0 radical (unpaired) electrons. The van der Waals surface area contributed by atoms with Crippen LogP contribution in [-0.4, -0.2) is 22.5 Å². The number of nitrogens with zero attached hydrogens (tertiary/aromatic N) is 2. The number of carbonyl (C=O) groups is 1. The van der Waals surface area contributed by atoms with Gasteiger partial charge in [-0.05, 0) is 47.3 Å². The normalized spacial score (nSPS) is 11.0. The monoisotopic (exact) mass is 412 g/mol. The predicted molar refractivity (Wildman–Crippen MR) is 108 cm³/mol. The number of benzene rings is 2. The second kappa shape index (κ2) is 7.80. The van der Waals surface area contributed by atoms with E-state index >= 15 is 0 Å². The molecule has 2 heterocycles.